The first-order valence-electron chi connectivity index (χ1n) is 4.76. The second-order valence-electron chi connectivity index (χ2n) is 3.63. The molecule has 3 heteroatoms. The van der Waals surface area contributed by atoms with E-state index < -0.39 is 6.10 Å². The van der Waals surface area contributed by atoms with Crippen LogP contribution in [0.25, 0.3) is 0 Å². The first-order valence-corrected chi connectivity index (χ1v) is 5.14. The van der Waals surface area contributed by atoms with Crippen molar-refractivity contribution in [2.45, 2.75) is 26.0 Å². The highest BCUT2D eigenvalue weighted by molar-refractivity contribution is 6.30. The summed E-state index contributed by atoms with van der Waals surface area (Å²) in [4.78, 5) is 0. The van der Waals surface area contributed by atoms with Crippen LogP contribution in [-0.4, -0.2) is 17.7 Å². The van der Waals surface area contributed by atoms with Gasteiger partial charge >= 0.3 is 0 Å². The van der Waals surface area contributed by atoms with Crippen molar-refractivity contribution < 1.29 is 5.11 Å². The molecule has 0 spiro atoms. The maximum atomic E-state index is 9.77. The van der Waals surface area contributed by atoms with Gasteiger partial charge in [0.05, 0.1) is 6.10 Å². The molecule has 0 aromatic heterocycles. The predicted molar refractivity (Wildman–Crippen MR) is 59.6 cm³/mol. The molecule has 14 heavy (non-hydrogen) atoms. The zero-order valence-corrected chi connectivity index (χ0v) is 9.25. The highest BCUT2D eigenvalue weighted by Gasteiger charge is 2.07. The molecule has 0 unspecified atom stereocenters. The molecule has 0 amide bonds. The normalized spacial score (nSPS) is 13.2. The standard InChI is InChI=1S/C11H16ClNO/c1-8(2)13-7-11(14)9-4-3-5-10(12)6-9/h3-6,8,11,13-14H,7H2,1-2H3/t11-/m1/s1. The van der Waals surface area contributed by atoms with E-state index in [-0.39, 0.29) is 0 Å². The van der Waals surface area contributed by atoms with Crippen LogP contribution in [0.5, 0.6) is 0 Å². The molecule has 0 aliphatic carbocycles. The number of nitrogens with one attached hydrogen (secondary N) is 1. The van der Waals surface area contributed by atoms with Gasteiger partial charge in [-0.3, -0.25) is 0 Å². The lowest BCUT2D eigenvalue weighted by Crippen LogP contribution is -2.27. The number of hydrogen-bond donors (Lipinski definition) is 2. The molecular weight excluding hydrogens is 198 g/mol. The second-order valence-corrected chi connectivity index (χ2v) is 4.07. The third kappa shape index (κ3) is 3.66. The fourth-order valence-corrected chi connectivity index (χ4v) is 1.38. The predicted octanol–water partition coefficient (Wildman–Crippen LogP) is 2.37. The minimum Gasteiger partial charge on any atom is -0.387 e. The number of aliphatic hydroxyl groups is 1. The molecule has 0 bridgehead atoms. The van der Waals surface area contributed by atoms with Crippen LogP contribution in [0.2, 0.25) is 5.02 Å². The molecule has 78 valence electrons. The quantitative estimate of drug-likeness (QED) is 0.805. The topological polar surface area (TPSA) is 32.3 Å². The van der Waals surface area contributed by atoms with Crippen molar-refractivity contribution in [2.75, 3.05) is 6.54 Å². The summed E-state index contributed by atoms with van der Waals surface area (Å²) in [7, 11) is 0. The third-order valence-electron chi connectivity index (χ3n) is 1.95. The van der Waals surface area contributed by atoms with Gasteiger partial charge in [0, 0.05) is 17.6 Å². The van der Waals surface area contributed by atoms with E-state index in [1.807, 2.05) is 26.0 Å². The van der Waals surface area contributed by atoms with E-state index in [2.05, 4.69) is 5.32 Å². The Bertz CT molecular complexity index is 288. The van der Waals surface area contributed by atoms with Gasteiger partial charge < -0.3 is 10.4 Å². The molecule has 1 aromatic carbocycles. The fraction of sp³-hybridized carbons (Fsp3) is 0.455. The molecule has 0 saturated carbocycles. The van der Waals surface area contributed by atoms with Crippen molar-refractivity contribution in [3.63, 3.8) is 0 Å². The fourth-order valence-electron chi connectivity index (χ4n) is 1.18. The summed E-state index contributed by atoms with van der Waals surface area (Å²) in [5.74, 6) is 0. The first kappa shape index (κ1) is 11.5. The number of rotatable bonds is 4. The monoisotopic (exact) mass is 213 g/mol. The molecule has 0 saturated heterocycles. The molecule has 0 fully saturated rings. The molecule has 2 nitrogen and oxygen atoms in total. The van der Waals surface area contributed by atoms with Gasteiger partial charge in [-0.2, -0.15) is 0 Å². The van der Waals surface area contributed by atoms with Gasteiger partial charge in [0.25, 0.3) is 0 Å². The van der Waals surface area contributed by atoms with Gasteiger partial charge in [0.15, 0.2) is 0 Å². The number of halogens is 1. The Morgan fingerprint density at radius 1 is 1.43 bits per heavy atom. The Morgan fingerprint density at radius 3 is 2.71 bits per heavy atom. The first-order chi connectivity index (χ1) is 6.59. The lowest BCUT2D eigenvalue weighted by Gasteiger charge is -2.14. The third-order valence-corrected chi connectivity index (χ3v) is 2.19. The molecule has 2 N–H and O–H groups in total. The summed E-state index contributed by atoms with van der Waals surface area (Å²) < 4.78 is 0. The summed E-state index contributed by atoms with van der Waals surface area (Å²) in [5.41, 5.74) is 0.852. The molecule has 0 aliphatic heterocycles. The smallest absolute Gasteiger partial charge is 0.0914 e. The van der Waals surface area contributed by atoms with Crippen LogP contribution >= 0.6 is 11.6 Å². The number of aliphatic hydroxyl groups excluding tert-OH is 1. The summed E-state index contributed by atoms with van der Waals surface area (Å²) in [6, 6.07) is 7.68. The lowest BCUT2D eigenvalue weighted by atomic mass is 10.1. The molecular formula is C11H16ClNO. The van der Waals surface area contributed by atoms with Gasteiger partial charge in [0.2, 0.25) is 0 Å². The summed E-state index contributed by atoms with van der Waals surface area (Å²) in [5, 5.41) is 13.6. The van der Waals surface area contributed by atoms with E-state index in [1.165, 1.54) is 0 Å². The van der Waals surface area contributed by atoms with Crippen LogP contribution in [0.1, 0.15) is 25.5 Å². The maximum absolute atomic E-state index is 9.77. The van der Waals surface area contributed by atoms with Crippen LogP contribution in [-0.2, 0) is 0 Å². The Hall–Kier alpha value is -0.570. The van der Waals surface area contributed by atoms with E-state index in [9.17, 15) is 5.11 Å². The maximum Gasteiger partial charge on any atom is 0.0914 e. The minimum atomic E-state index is -0.490. The zero-order chi connectivity index (χ0) is 10.6. The Balaban J connectivity index is 2.56. The minimum absolute atomic E-state index is 0.379. The average molecular weight is 214 g/mol. The number of benzene rings is 1. The van der Waals surface area contributed by atoms with Crippen LogP contribution < -0.4 is 5.32 Å². The van der Waals surface area contributed by atoms with Crippen LogP contribution in [0.3, 0.4) is 0 Å². The molecule has 1 rings (SSSR count). The molecule has 1 atom stereocenters. The highest BCUT2D eigenvalue weighted by atomic mass is 35.5. The second kappa shape index (κ2) is 5.35. The van der Waals surface area contributed by atoms with Crippen LogP contribution in [0, 0.1) is 0 Å². The Kier molecular flexibility index (Phi) is 4.39. The number of hydrogen-bond acceptors (Lipinski definition) is 2. The van der Waals surface area contributed by atoms with Crippen LogP contribution in [0.4, 0.5) is 0 Å². The Labute approximate surface area is 89.9 Å². The SMILES string of the molecule is CC(C)NC[C@@H](O)c1cccc(Cl)c1. The van der Waals surface area contributed by atoms with Gasteiger partial charge in [0.1, 0.15) is 0 Å². The van der Waals surface area contributed by atoms with Crippen molar-refractivity contribution in [3.05, 3.63) is 34.9 Å². The molecule has 0 aliphatic rings. The van der Waals surface area contributed by atoms with Crippen LogP contribution in [0.15, 0.2) is 24.3 Å². The molecule has 0 heterocycles. The van der Waals surface area contributed by atoms with E-state index >= 15 is 0 Å². The lowest BCUT2D eigenvalue weighted by molar-refractivity contribution is 0.171. The van der Waals surface area contributed by atoms with Gasteiger partial charge in [-0.15, -0.1) is 0 Å². The average Bonchev–Trinajstić information content (AvgIpc) is 2.14. The van der Waals surface area contributed by atoms with E-state index in [4.69, 9.17) is 11.6 Å². The van der Waals surface area contributed by atoms with Gasteiger partial charge in [-0.25, -0.2) is 0 Å². The van der Waals surface area contributed by atoms with Crippen molar-refractivity contribution in [2.24, 2.45) is 0 Å². The van der Waals surface area contributed by atoms with Crippen molar-refractivity contribution in [3.8, 4) is 0 Å². The largest absolute Gasteiger partial charge is 0.387 e. The van der Waals surface area contributed by atoms with E-state index in [0.717, 1.165) is 5.56 Å². The van der Waals surface area contributed by atoms with Crippen molar-refractivity contribution >= 4 is 11.6 Å². The van der Waals surface area contributed by atoms with E-state index in [0.29, 0.717) is 17.6 Å². The highest BCUT2D eigenvalue weighted by Crippen LogP contribution is 2.16. The van der Waals surface area contributed by atoms with Gasteiger partial charge in [-0.1, -0.05) is 37.6 Å². The summed E-state index contributed by atoms with van der Waals surface area (Å²) in [6.07, 6.45) is -0.490. The molecule has 0 radical (unpaired) electrons. The van der Waals surface area contributed by atoms with E-state index in [1.54, 1.807) is 12.1 Å². The van der Waals surface area contributed by atoms with Gasteiger partial charge in [-0.05, 0) is 17.7 Å². The zero-order valence-electron chi connectivity index (χ0n) is 8.50. The Morgan fingerprint density at radius 2 is 2.14 bits per heavy atom. The van der Waals surface area contributed by atoms with Crippen molar-refractivity contribution in [1.82, 2.24) is 5.32 Å². The summed E-state index contributed by atoms with van der Waals surface area (Å²) in [6.45, 7) is 4.65. The molecule has 1 aromatic rings. The summed E-state index contributed by atoms with van der Waals surface area (Å²) >= 11 is 5.82. The van der Waals surface area contributed by atoms with Crippen molar-refractivity contribution in [1.29, 1.82) is 0 Å².